The molecule has 2 N–H and O–H groups in total. The third-order valence-electron chi connectivity index (χ3n) is 6.47. The molecule has 0 unspecified atom stereocenters. The number of aryl methyl sites for hydroxylation is 2. The molecule has 0 radical (unpaired) electrons. The lowest BCUT2D eigenvalue weighted by Gasteiger charge is -2.34. The van der Waals surface area contributed by atoms with Gasteiger partial charge in [-0.15, -0.1) is 0 Å². The van der Waals surface area contributed by atoms with Crippen LogP contribution in [0.1, 0.15) is 62.1 Å². The van der Waals surface area contributed by atoms with E-state index in [1.54, 1.807) is 0 Å². The van der Waals surface area contributed by atoms with Crippen molar-refractivity contribution in [1.29, 1.82) is 0 Å². The monoisotopic (exact) mass is 312 g/mol. The molecular formula is C20H28N2O. The van der Waals surface area contributed by atoms with Gasteiger partial charge in [-0.25, -0.2) is 0 Å². The van der Waals surface area contributed by atoms with E-state index in [1.165, 1.54) is 48.8 Å². The van der Waals surface area contributed by atoms with Crippen molar-refractivity contribution in [3.05, 3.63) is 34.9 Å². The Bertz CT molecular complexity index is 612. The summed E-state index contributed by atoms with van der Waals surface area (Å²) in [6, 6.07) is 7.73. The van der Waals surface area contributed by atoms with Gasteiger partial charge in [0.25, 0.3) is 0 Å². The summed E-state index contributed by atoms with van der Waals surface area (Å²) in [7, 11) is 0. The smallest absolute Gasteiger partial charge is 0.228 e. The zero-order valence-electron chi connectivity index (χ0n) is 14.2. The Morgan fingerprint density at radius 2 is 2.09 bits per heavy atom. The summed E-state index contributed by atoms with van der Waals surface area (Å²) >= 11 is 0. The molecule has 3 aliphatic rings. The Hall–Kier alpha value is -1.35. The summed E-state index contributed by atoms with van der Waals surface area (Å²) in [6.45, 7) is 2.84. The van der Waals surface area contributed by atoms with Crippen molar-refractivity contribution >= 4 is 5.91 Å². The van der Waals surface area contributed by atoms with Gasteiger partial charge in [0.15, 0.2) is 0 Å². The average Bonchev–Trinajstić information content (AvgIpc) is 3.21. The fraction of sp³-hybridized carbons (Fsp3) is 0.650. The zero-order chi connectivity index (χ0) is 15.9. The quantitative estimate of drug-likeness (QED) is 0.897. The Labute approximate surface area is 139 Å². The van der Waals surface area contributed by atoms with Crippen molar-refractivity contribution in [2.45, 2.75) is 76.9 Å². The van der Waals surface area contributed by atoms with Crippen LogP contribution in [0, 0.1) is 5.41 Å². The maximum atomic E-state index is 12.9. The molecular weight excluding hydrogens is 284 g/mol. The third kappa shape index (κ3) is 2.59. The molecule has 23 heavy (non-hydrogen) atoms. The molecule has 2 heterocycles. The van der Waals surface area contributed by atoms with E-state index in [9.17, 15) is 4.79 Å². The van der Waals surface area contributed by atoms with Crippen LogP contribution in [0.25, 0.3) is 0 Å². The highest BCUT2D eigenvalue weighted by Gasteiger charge is 2.54. The van der Waals surface area contributed by atoms with Gasteiger partial charge in [-0.3, -0.25) is 4.79 Å². The second-order valence-corrected chi connectivity index (χ2v) is 7.70. The maximum Gasteiger partial charge on any atom is 0.228 e. The number of hydrogen-bond donors (Lipinski definition) is 2. The lowest BCUT2D eigenvalue weighted by atomic mass is 9.71. The predicted octanol–water partition coefficient (Wildman–Crippen LogP) is 3.10. The van der Waals surface area contributed by atoms with Crippen LogP contribution in [-0.2, 0) is 24.2 Å². The molecule has 0 spiro atoms. The SMILES string of the molecule is CC[C@@]1(C(=O)NCc2ccc3c(c2)CCCC3)C[C@@H]2CC[C@H]1N2. The first-order valence-corrected chi connectivity index (χ1v) is 9.36. The van der Waals surface area contributed by atoms with E-state index in [-0.39, 0.29) is 11.3 Å². The van der Waals surface area contributed by atoms with E-state index in [2.05, 4.69) is 35.8 Å². The molecule has 1 aromatic rings. The molecule has 0 saturated carbocycles. The summed E-state index contributed by atoms with van der Waals surface area (Å²) in [5, 5.41) is 6.87. The molecule has 3 nitrogen and oxygen atoms in total. The molecule has 124 valence electrons. The van der Waals surface area contributed by atoms with Crippen LogP contribution in [0.15, 0.2) is 18.2 Å². The Balaban J connectivity index is 1.43. The molecule has 0 aromatic heterocycles. The number of nitrogens with one attached hydrogen (secondary N) is 2. The Kier molecular flexibility index (Phi) is 3.92. The van der Waals surface area contributed by atoms with Crippen molar-refractivity contribution in [1.82, 2.24) is 10.6 Å². The van der Waals surface area contributed by atoms with Gasteiger partial charge >= 0.3 is 0 Å². The summed E-state index contributed by atoms with van der Waals surface area (Å²) in [4.78, 5) is 12.9. The van der Waals surface area contributed by atoms with Gasteiger partial charge in [-0.1, -0.05) is 25.1 Å². The lowest BCUT2D eigenvalue weighted by Crippen LogP contribution is -2.47. The minimum Gasteiger partial charge on any atom is -0.351 e. The topological polar surface area (TPSA) is 41.1 Å². The predicted molar refractivity (Wildman–Crippen MR) is 92.2 cm³/mol. The average molecular weight is 312 g/mol. The van der Waals surface area contributed by atoms with E-state index in [0.29, 0.717) is 18.6 Å². The number of carbonyl (C=O) groups excluding carboxylic acids is 1. The van der Waals surface area contributed by atoms with Crippen molar-refractivity contribution in [3.63, 3.8) is 0 Å². The largest absolute Gasteiger partial charge is 0.351 e. The van der Waals surface area contributed by atoms with Crippen LogP contribution < -0.4 is 10.6 Å². The first-order chi connectivity index (χ1) is 11.2. The van der Waals surface area contributed by atoms with Gasteiger partial charge in [-0.05, 0) is 68.1 Å². The number of rotatable bonds is 4. The molecule has 1 aromatic carbocycles. The second-order valence-electron chi connectivity index (χ2n) is 7.70. The fourth-order valence-electron chi connectivity index (χ4n) is 5.06. The molecule has 2 bridgehead atoms. The Morgan fingerprint density at radius 1 is 1.26 bits per heavy atom. The molecule has 2 fully saturated rings. The first kappa shape index (κ1) is 15.2. The highest BCUT2D eigenvalue weighted by molar-refractivity contribution is 5.84. The number of benzene rings is 1. The van der Waals surface area contributed by atoms with Gasteiger partial charge in [0.1, 0.15) is 0 Å². The minimum atomic E-state index is -0.170. The highest BCUT2D eigenvalue weighted by Crippen LogP contribution is 2.45. The van der Waals surface area contributed by atoms with Crippen LogP contribution in [0.3, 0.4) is 0 Å². The van der Waals surface area contributed by atoms with Crippen molar-refractivity contribution < 1.29 is 4.79 Å². The normalized spacial score (nSPS) is 31.9. The van der Waals surface area contributed by atoms with Gasteiger partial charge in [0.2, 0.25) is 5.91 Å². The van der Waals surface area contributed by atoms with E-state index >= 15 is 0 Å². The molecule has 2 saturated heterocycles. The van der Waals surface area contributed by atoms with Crippen LogP contribution in [-0.4, -0.2) is 18.0 Å². The first-order valence-electron chi connectivity index (χ1n) is 9.36. The molecule has 3 atom stereocenters. The van der Waals surface area contributed by atoms with Crippen LogP contribution in [0.4, 0.5) is 0 Å². The van der Waals surface area contributed by atoms with Crippen molar-refractivity contribution in [3.8, 4) is 0 Å². The van der Waals surface area contributed by atoms with Gasteiger partial charge < -0.3 is 10.6 Å². The molecule has 4 rings (SSSR count). The minimum absolute atomic E-state index is 0.170. The molecule has 1 aliphatic carbocycles. The van der Waals surface area contributed by atoms with Gasteiger partial charge in [0.05, 0.1) is 5.41 Å². The zero-order valence-corrected chi connectivity index (χ0v) is 14.2. The molecule has 1 amide bonds. The second kappa shape index (κ2) is 5.94. The van der Waals surface area contributed by atoms with Crippen LogP contribution in [0.5, 0.6) is 0 Å². The Morgan fingerprint density at radius 3 is 2.78 bits per heavy atom. The fourth-order valence-corrected chi connectivity index (χ4v) is 5.06. The van der Waals surface area contributed by atoms with Crippen molar-refractivity contribution in [2.75, 3.05) is 0 Å². The summed E-state index contributed by atoms with van der Waals surface area (Å²) < 4.78 is 0. The highest BCUT2D eigenvalue weighted by atomic mass is 16.2. The molecule has 2 aliphatic heterocycles. The van der Waals surface area contributed by atoms with E-state index < -0.39 is 0 Å². The van der Waals surface area contributed by atoms with Crippen LogP contribution in [0.2, 0.25) is 0 Å². The van der Waals surface area contributed by atoms with Gasteiger partial charge in [-0.2, -0.15) is 0 Å². The van der Waals surface area contributed by atoms with Gasteiger partial charge in [0, 0.05) is 18.6 Å². The number of carbonyl (C=O) groups is 1. The summed E-state index contributed by atoms with van der Waals surface area (Å²) in [5.74, 6) is 0.262. The molecule has 3 heteroatoms. The van der Waals surface area contributed by atoms with E-state index in [1.807, 2.05) is 0 Å². The number of hydrogen-bond acceptors (Lipinski definition) is 2. The number of fused-ring (bicyclic) bond motifs is 3. The summed E-state index contributed by atoms with van der Waals surface area (Å²) in [5.41, 5.74) is 4.08. The summed E-state index contributed by atoms with van der Waals surface area (Å²) in [6.07, 6.45) is 9.39. The third-order valence-corrected chi connectivity index (χ3v) is 6.47. The van der Waals surface area contributed by atoms with E-state index in [0.717, 1.165) is 19.3 Å². The maximum absolute atomic E-state index is 12.9. The standard InChI is InChI=1S/C20H28N2O/c1-2-20(12-17-9-10-18(20)22-17)19(23)21-13-14-7-8-15-5-3-4-6-16(15)11-14/h7-8,11,17-18,22H,2-6,9-10,12-13H2,1H3,(H,21,23)/t17-,18+,20+/m0/s1. The number of amides is 1. The lowest BCUT2D eigenvalue weighted by molar-refractivity contribution is -0.132. The van der Waals surface area contributed by atoms with E-state index in [4.69, 9.17) is 0 Å². The van der Waals surface area contributed by atoms with Crippen LogP contribution >= 0.6 is 0 Å². The van der Waals surface area contributed by atoms with Crippen molar-refractivity contribution in [2.24, 2.45) is 5.41 Å².